The minimum atomic E-state index is -4.07. The van der Waals surface area contributed by atoms with E-state index in [9.17, 15) is 28.1 Å². The molecule has 34 heavy (non-hydrogen) atoms. The number of nitro benzene ring substituents is 1. The number of hydrogen-bond acceptors (Lipinski definition) is 7. The van der Waals surface area contributed by atoms with Crippen molar-refractivity contribution in [3.8, 4) is 5.75 Å². The molecule has 11 nitrogen and oxygen atoms in total. The second-order valence-corrected chi connectivity index (χ2v) is 9.59. The van der Waals surface area contributed by atoms with Gasteiger partial charge in [-0.25, -0.2) is 8.42 Å². The molecule has 0 aromatic heterocycles. The molecule has 2 aromatic carbocycles. The number of sulfonamides is 1. The Hall–Kier alpha value is -3.67. The molecular formula is C22H28N4O7S. The Labute approximate surface area is 198 Å². The van der Waals surface area contributed by atoms with E-state index in [1.807, 2.05) is 31.2 Å². The summed E-state index contributed by atoms with van der Waals surface area (Å²) in [7, 11) is -1.35. The van der Waals surface area contributed by atoms with E-state index in [1.54, 1.807) is 0 Å². The van der Waals surface area contributed by atoms with Gasteiger partial charge in [-0.15, -0.1) is 0 Å². The molecule has 184 valence electrons. The van der Waals surface area contributed by atoms with E-state index >= 15 is 0 Å². The molecule has 0 aliphatic heterocycles. The highest BCUT2D eigenvalue weighted by molar-refractivity contribution is 7.92. The first-order valence-corrected chi connectivity index (χ1v) is 12.1. The van der Waals surface area contributed by atoms with Crippen LogP contribution in [0, 0.1) is 17.0 Å². The summed E-state index contributed by atoms with van der Waals surface area (Å²) in [4.78, 5) is 37.6. The number of nitro groups is 1. The molecule has 0 spiro atoms. The quantitative estimate of drug-likeness (QED) is 0.394. The van der Waals surface area contributed by atoms with Gasteiger partial charge in [0.2, 0.25) is 21.8 Å². The smallest absolute Gasteiger partial charge is 0.271 e. The fourth-order valence-corrected chi connectivity index (χ4v) is 4.11. The van der Waals surface area contributed by atoms with E-state index in [1.165, 1.54) is 38.1 Å². The van der Waals surface area contributed by atoms with Gasteiger partial charge in [0.25, 0.3) is 5.69 Å². The van der Waals surface area contributed by atoms with E-state index < -0.39 is 39.3 Å². The predicted molar refractivity (Wildman–Crippen MR) is 127 cm³/mol. The number of methoxy groups -OCH3 is 1. The number of anilines is 1. The standard InChI is InChI=1S/C22H28N4O7S/c1-15-6-8-17(9-7-15)13-24(16(2)22(28)23-3)21(27)14-25(34(5,31)32)19-12-18(26(29)30)10-11-20(19)33-4/h6-12,16H,13-14H2,1-5H3,(H,23,28). The fourth-order valence-electron chi connectivity index (χ4n) is 3.26. The van der Waals surface area contributed by atoms with Crippen molar-refractivity contribution < 1.29 is 27.7 Å². The number of non-ortho nitro benzene ring substituents is 1. The molecule has 2 rings (SSSR count). The number of ether oxygens (including phenoxy) is 1. The van der Waals surface area contributed by atoms with Gasteiger partial charge in [0, 0.05) is 25.7 Å². The van der Waals surface area contributed by atoms with Crippen molar-refractivity contribution in [2.45, 2.75) is 26.4 Å². The number of benzene rings is 2. The maximum atomic E-state index is 13.4. The lowest BCUT2D eigenvalue weighted by Crippen LogP contribution is -2.50. The van der Waals surface area contributed by atoms with Gasteiger partial charge in [-0.05, 0) is 25.5 Å². The van der Waals surface area contributed by atoms with Crippen LogP contribution in [-0.4, -0.2) is 63.1 Å². The van der Waals surface area contributed by atoms with Gasteiger partial charge in [-0.1, -0.05) is 29.8 Å². The number of likely N-dealkylation sites (N-methyl/N-ethyl adjacent to an activating group) is 1. The van der Waals surface area contributed by atoms with Crippen LogP contribution < -0.4 is 14.4 Å². The van der Waals surface area contributed by atoms with Crippen LogP contribution >= 0.6 is 0 Å². The summed E-state index contributed by atoms with van der Waals surface area (Å²) in [5, 5.41) is 13.7. The molecule has 1 atom stereocenters. The Morgan fingerprint density at radius 1 is 1.18 bits per heavy atom. The zero-order chi connectivity index (χ0) is 25.6. The first kappa shape index (κ1) is 26.6. The van der Waals surface area contributed by atoms with E-state index in [-0.39, 0.29) is 23.7 Å². The highest BCUT2D eigenvalue weighted by atomic mass is 32.2. The first-order valence-electron chi connectivity index (χ1n) is 10.3. The number of hydrogen-bond donors (Lipinski definition) is 1. The van der Waals surface area contributed by atoms with Crippen LogP contribution in [-0.2, 0) is 26.2 Å². The predicted octanol–water partition coefficient (Wildman–Crippen LogP) is 1.84. The number of nitrogens with zero attached hydrogens (tertiary/aromatic N) is 3. The molecule has 0 fully saturated rings. The SMILES string of the molecule is CNC(=O)C(C)N(Cc1ccc(C)cc1)C(=O)CN(c1cc([N+](=O)[O-])ccc1OC)S(C)(=O)=O. The fraction of sp³-hybridized carbons (Fsp3) is 0.364. The summed E-state index contributed by atoms with van der Waals surface area (Å²) in [6, 6.07) is 9.88. The van der Waals surface area contributed by atoms with Gasteiger partial charge in [0.05, 0.1) is 18.3 Å². The highest BCUT2D eigenvalue weighted by Crippen LogP contribution is 2.33. The lowest BCUT2D eigenvalue weighted by molar-refractivity contribution is -0.384. The molecule has 0 heterocycles. The maximum Gasteiger partial charge on any atom is 0.271 e. The second kappa shape index (κ2) is 11.0. The van der Waals surface area contributed by atoms with Crippen molar-refractivity contribution in [2.24, 2.45) is 0 Å². The van der Waals surface area contributed by atoms with Crippen LogP contribution in [0.4, 0.5) is 11.4 Å². The van der Waals surface area contributed by atoms with Crippen molar-refractivity contribution in [3.63, 3.8) is 0 Å². The van der Waals surface area contributed by atoms with Crippen LogP contribution in [0.15, 0.2) is 42.5 Å². The molecular weight excluding hydrogens is 464 g/mol. The minimum Gasteiger partial charge on any atom is -0.495 e. The van der Waals surface area contributed by atoms with Crippen LogP contribution in [0.1, 0.15) is 18.1 Å². The Morgan fingerprint density at radius 3 is 2.29 bits per heavy atom. The average molecular weight is 493 g/mol. The number of rotatable bonds is 10. The zero-order valence-electron chi connectivity index (χ0n) is 19.6. The molecule has 0 saturated carbocycles. The van der Waals surface area contributed by atoms with Crippen molar-refractivity contribution >= 4 is 33.2 Å². The van der Waals surface area contributed by atoms with Crippen LogP contribution in [0.5, 0.6) is 5.75 Å². The third kappa shape index (κ3) is 6.44. The number of amides is 2. The largest absolute Gasteiger partial charge is 0.495 e. The van der Waals surface area contributed by atoms with Crippen molar-refractivity contribution in [3.05, 3.63) is 63.7 Å². The van der Waals surface area contributed by atoms with Gasteiger partial charge in [0.1, 0.15) is 24.0 Å². The first-order chi connectivity index (χ1) is 15.9. The molecule has 12 heteroatoms. The van der Waals surface area contributed by atoms with E-state index in [4.69, 9.17) is 4.74 Å². The Bertz CT molecular complexity index is 1170. The van der Waals surface area contributed by atoms with Gasteiger partial charge in [-0.2, -0.15) is 0 Å². The third-order valence-corrected chi connectivity index (χ3v) is 6.33. The summed E-state index contributed by atoms with van der Waals surface area (Å²) < 4.78 is 31.2. The van der Waals surface area contributed by atoms with E-state index in [0.29, 0.717) is 0 Å². The average Bonchev–Trinajstić information content (AvgIpc) is 2.79. The molecule has 0 bridgehead atoms. The van der Waals surface area contributed by atoms with Crippen molar-refractivity contribution in [2.75, 3.05) is 31.3 Å². The summed E-state index contributed by atoms with van der Waals surface area (Å²) in [6.45, 7) is 2.81. The summed E-state index contributed by atoms with van der Waals surface area (Å²) in [5.74, 6) is -1.07. The normalized spacial score (nSPS) is 11.9. The topological polar surface area (TPSA) is 139 Å². The van der Waals surface area contributed by atoms with Gasteiger partial charge in [-0.3, -0.25) is 24.0 Å². The van der Waals surface area contributed by atoms with Crippen molar-refractivity contribution in [1.82, 2.24) is 10.2 Å². The van der Waals surface area contributed by atoms with E-state index in [2.05, 4.69) is 5.32 Å². The van der Waals surface area contributed by atoms with Crippen LogP contribution in [0.2, 0.25) is 0 Å². The number of aryl methyl sites for hydroxylation is 1. The van der Waals surface area contributed by atoms with Gasteiger partial charge >= 0.3 is 0 Å². The summed E-state index contributed by atoms with van der Waals surface area (Å²) in [6.07, 6.45) is 0.880. The third-order valence-electron chi connectivity index (χ3n) is 5.21. The Balaban J connectivity index is 2.50. The monoisotopic (exact) mass is 492 g/mol. The lowest BCUT2D eigenvalue weighted by atomic mass is 10.1. The second-order valence-electron chi connectivity index (χ2n) is 7.68. The maximum absolute atomic E-state index is 13.4. The molecule has 1 unspecified atom stereocenters. The molecule has 0 radical (unpaired) electrons. The molecule has 0 saturated heterocycles. The Morgan fingerprint density at radius 2 is 1.79 bits per heavy atom. The van der Waals surface area contributed by atoms with Gasteiger partial charge < -0.3 is 15.0 Å². The minimum absolute atomic E-state index is 0.0354. The van der Waals surface area contributed by atoms with E-state index in [0.717, 1.165) is 27.8 Å². The highest BCUT2D eigenvalue weighted by Gasteiger charge is 2.31. The summed E-state index contributed by atoms with van der Waals surface area (Å²) >= 11 is 0. The number of carbonyl (C=O) groups excluding carboxylic acids is 2. The number of carbonyl (C=O) groups is 2. The number of nitrogens with one attached hydrogen (secondary N) is 1. The Kier molecular flexibility index (Phi) is 8.57. The molecule has 2 amide bonds. The lowest BCUT2D eigenvalue weighted by Gasteiger charge is -2.31. The van der Waals surface area contributed by atoms with Crippen molar-refractivity contribution in [1.29, 1.82) is 0 Å². The molecule has 1 N–H and O–H groups in total. The molecule has 2 aromatic rings. The van der Waals surface area contributed by atoms with Gasteiger partial charge in [0.15, 0.2) is 0 Å². The van der Waals surface area contributed by atoms with Crippen LogP contribution in [0.25, 0.3) is 0 Å². The zero-order valence-corrected chi connectivity index (χ0v) is 20.5. The summed E-state index contributed by atoms with van der Waals surface area (Å²) in [5.41, 5.74) is 1.23. The molecule has 0 aliphatic carbocycles. The molecule has 0 aliphatic rings. The van der Waals surface area contributed by atoms with Crippen LogP contribution in [0.3, 0.4) is 0 Å².